The third-order valence-electron chi connectivity index (χ3n) is 6.21. The van der Waals surface area contributed by atoms with Crippen molar-refractivity contribution in [2.24, 2.45) is 0 Å². The highest BCUT2D eigenvalue weighted by Gasteiger charge is 2.43. The second kappa shape index (κ2) is 8.87. The summed E-state index contributed by atoms with van der Waals surface area (Å²) < 4.78 is 5.55. The Morgan fingerprint density at radius 2 is 1.62 bits per heavy atom. The van der Waals surface area contributed by atoms with Gasteiger partial charge in [0.2, 0.25) is 0 Å². The summed E-state index contributed by atoms with van der Waals surface area (Å²) in [4.78, 5) is 30.7. The molecule has 2 heterocycles. The maximum Gasteiger partial charge on any atom is 0.282 e. The fourth-order valence-electron chi connectivity index (χ4n) is 4.56. The first-order chi connectivity index (χ1) is 16.6. The molecular formula is C28H23N3O3. The molecule has 2 amide bonds. The topological polar surface area (TPSA) is 73.6 Å². The molecule has 0 saturated carbocycles. The number of anilines is 1. The van der Waals surface area contributed by atoms with Crippen molar-refractivity contribution in [1.29, 1.82) is 5.26 Å². The lowest BCUT2D eigenvalue weighted by atomic mass is 9.98. The van der Waals surface area contributed by atoms with Crippen molar-refractivity contribution in [3.8, 4) is 11.8 Å². The smallest absolute Gasteiger partial charge is 0.282 e. The van der Waals surface area contributed by atoms with Gasteiger partial charge in [-0.05, 0) is 66.4 Å². The Bertz CT molecular complexity index is 1330. The summed E-state index contributed by atoms with van der Waals surface area (Å²) in [6.45, 7) is 3.67. The Morgan fingerprint density at radius 1 is 0.912 bits per heavy atom. The van der Waals surface area contributed by atoms with Crippen LogP contribution in [0.25, 0.3) is 5.57 Å². The Hall–Kier alpha value is -4.37. The van der Waals surface area contributed by atoms with Crippen LogP contribution >= 0.6 is 0 Å². The molecule has 0 bridgehead atoms. The molecule has 0 aliphatic carbocycles. The first-order valence-electron chi connectivity index (χ1n) is 11.3. The fourth-order valence-corrected chi connectivity index (χ4v) is 4.56. The predicted molar refractivity (Wildman–Crippen MR) is 129 cm³/mol. The standard InChI is InChI=1S/C28H23N3O3/c1-2-34-24-13-9-21(10-14-24)25-26(30-16-15-20-5-3-4-6-22(20)18-30)28(33)31(27(25)32)23-11-7-19(17-29)8-12-23/h3-14H,2,15-16,18H2,1H3. The maximum atomic E-state index is 13.8. The minimum absolute atomic E-state index is 0.349. The Labute approximate surface area is 198 Å². The summed E-state index contributed by atoms with van der Waals surface area (Å²) in [6.07, 6.45) is 0.800. The molecule has 0 radical (unpaired) electrons. The van der Waals surface area contributed by atoms with Crippen LogP contribution in [0.5, 0.6) is 5.75 Å². The third-order valence-corrected chi connectivity index (χ3v) is 6.21. The summed E-state index contributed by atoms with van der Waals surface area (Å²) in [7, 11) is 0. The van der Waals surface area contributed by atoms with Gasteiger partial charge >= 0.3 is 0 Å². The van der Waals surface area contributed by atoms with E-state index in [9.17, 15) is 9.59 Å². The maximum absolute atomic E-state index is 13.8. The normalized spacial score (nSPS) is 15.4. The molecule has 34 heavy (non-hydrogen) atoms. The van der Waals surface area contributed by atoms with Crippen molar-refractivity contribution in [2.45, 2.75) is 19.9 Å². The lowest BCUT2D eigenvalue weighted by Gasteiger charge is -2.31. The lowest BCUT2D eigenvalue weighted by Crippen LogP contribution is -2.37. The van der Waals surface area contributed by atoms with Gasteiger partial charge < -0.3 is 9.64 Å². The van der Waals surface area contributed by atoms with Crippen LogP contribution in [0.1, 0.15) is 29.2 Å². The molecule has 3 aromatic rings. The van der Waals surface area contributed by atoms with Gasteiger partial charge in [0.1, 0.15) is 11.4 Å². The van der Waals surface area contributed by atoms with E-state index in [1.165, 1.54) is 10.5 Å². The summed E-state index contributed by atoms with van der Waals surface area (Å²) in [5.74, 6) is -0.00767. The van der Waals surface area contributed by atoms with Crippen molar-refractivity contribution in [3.63, 3.8) is 0 Å². The molecule has 2 aliphatic heterocycles. The van der Waals surface area contributed by atoms with Gasteiger partial charge in [-0.15, -0.1) is 0 Å². The van der Waals surface area contributed by atoms with Gasteiger partial charge in [-0.2, -0.15) is 5.26 Å². The second-order valence-corrected chi connectivity index (χ2v) is 8.23. The van der Waals surface area contributed by atoms with Crippen LogP contribution in [0.15, 0.2) is 78.5 Å². The molecule has 168 valence electrons. The van der Waals surface area contributed by atoms with Gasteiger partial charge in [-0.1, -0.05) is 36.4 Å². The summed E-state index contributed by atoms with van der Waals surface area (Å²) in [5, 5.41) is 9.12. The van der Waals surface area contributed by atoms with E-state index in [0.717, 1.165) is 12.0 Å². The average Bonchev–Trinajstić information content (AvgIpc) is 3.14. The second-order valence-electron chi connectivity index (χ2n) is 8.23. The summed E-state index contributed by atoms with van der Waals surface area (Å²) in [6, 6.07) is 24.0. The monoisotopic (exact) mass is 449 g/mol. The summed E-state index contributed by atoms with van der Waals surface area (Å²) in [5.41, 5.74) is 4.81. The van der Waals surface area contributed by atoms with E-state index in [2.05, 4.69) is 18.2 Å². The number of nitriles is 1. The van der Waals surface area contributed by atoms with Crippen molar-refractivity contribution in [3.05, 3.63) is 101 Å². The SMILES string of the molecule is CCOc1ccc(C2=C(N3CCc4ccccc4C3)C(=O)N(c3ccc(C#N)cc3)C2=O)cc1. The minimum Gasteiger partial charge on any atom is -0.494 e. The molecule has 2 aliphatic rings. The molecule has 6 nitrogen and oxygen atoms in total. The van der Waals surface area contributed by atoms with Crippen LogP contribution in [-0.2, 0) is 22.6 Å². The zero-order chi connectivity index (χ0) is 23.7. The van der Waals surface area contributed by atoms with Gasteiger partial charge in [0.15, 0.2) is 0 Å². The van der Waals surface area contributed by atoms with E-state index < -0.39 is 0 Å². The zero-order valence-electron chi connectivity index (χ0n) is 18.8. The number of hydrogen-bond acceptors (Lipinski definition) is 5. The van der Waals surface area contributed by atoms with E-state index in [0.29, 0.717) is 53.5 Å². The third kappa shape index (κ3) is 3.71. The highest BCUT2D eigenvalue weighted by Crippen LogP contribution is 2.37. The van der Waals surface area contributed by atoms with Gasteiger partial charge in [-0.25, -0.2) is 4.90 Å². The number of amides is 2. The molecule has 0 atom stereocenters. The number of fused-ring (bicyclic) bond motifs is 1. The van der Waals surface area contributed by atoms with E-state index in [1.54, 1.807) is 24.3 Å². The van der Waals surface area contributed by atoms with E-state index in [-0.39, 0.29) is 11.8 Å². The quantitative estimate of drug-likeness (QED) is 0.543. The summed E-state index contributed by atoms with van der Waals surface area (Å²) >= 11 is 0. The minimum atomic E-state index is -0.368. The number of hydrogen-bond donors (Lipinski definition) is 0. The average molecular weight is 450 g/mol. The molecule has 6 heteroatoms. The molecule has 0 spiro atoms. The first kappa shape index (κ1) is 21.5. The number of imide groups is 1. The van der Waals surface area contributed by atoms with Gasteiger partial charge in [0, 0.05) is 13.1 Å². The largest absolute Gasteiger partial charge is 0.494 e. The van der Waals surface area contributed by atoms with Gasteiger partial charge in [0.25, 0.3) is 11.8 Å². The predicted octanol–water partition coefficient (Wildman–Crippen LogP) is 4.30. The number of carbonyl (C=O) groups excluding carboxylic acids is 2. The molecular weight excluding hydrogens is 426 g/mol. The molecule has 5 rings (SSSR count). The van der Waals surface area contributed by atoms with Crippen molar-refractivity contribution >= 4 is 23.1 Å². The van der Waals surface area contributed by atoms with Crippen LogP contribution in [0.3, 0.4) is 0 Å². The number of benzene rings is 3. The Balaban J connectivity index is 1.58. The van der Waals surface area contributed by atoms with E-state index in [1.807, 2.05) is 48.2 Å². The van der Waals surface area contributed by atoms with Crippen molar-refractivity contribution in [1.82, 2.24) is 4.90 Å². The number of nitrogens with zero attached hydrogens (tertiary/aromatic N) is 3. The van der Waals surface area contributed by atoms with E-state index in [4.69, 9.17) is 10.00 Å². The van der Waals surface area contributed by atoms with Gasteiger partial charge in [-0.3, -0.25) is 9.59 Å². The van der Waals surface area contributed by atoms with Crippen molar-refractivity contribution in [2.75, 3.05) is 18.1 Å². The molecule has 0 N–H and O–H groups in total. The van der Waals surface area contributed by atoms with Gasteiger partial charge in [0.05, 0.1) is 29.5 Å². The lowest BCUT2D eigenvalue weighted by molar-refractivity contribution is -0.120. The molecule has 0 fully saturated rings. The molecule has 0 aromatic heterocycles. The van der Waals surface area contributed by atoms with Crippen LogP contribution in [-0.4, -0.2) is 29.9 Å². The van der Waals surface area contributed by atoms with Crippen LogP contribution in [0, 0.1) is 11.3 Å². The number of ether oxygens (including phenoxy) is 1. The van der Waals surface area contributed by atoms with E-state index >= 15 is 0 Å². The van der Waals surface area contributed by atoms with Crippen LogP contribution < -0.4 is 9.64 Å². The Morgan fingerprint density at radius 3 is 2.29 bits per heavy atom. The van der Waals surface area contributed by atoms with Crippen LogP contribution in [0.2, 0.25) is 0 Å². The van der Waals surface area contributed by atoms with Crippen molar-refractivity contribution < 1.29 is 14.3 Å². The molecule has 0 unspecified atom stereocenters. The Kier molecular flexibility index (Phi) is 5.60. The highest BCUT2D eigenvalue weighted by atomic mass is 16.5. The number of rotatable bonds is 5. The molecule has 0 saturated heterocycles. The zero-order valence-corrected chi connectivity index (χ0v) is 18.8. The first-order valence-corrected chi connectivity index (χ1v) is 11.3. The highest BCUT2D eigenvalue weighted by molar-refractivity contribution is 6.45. The fraction of sp³-hybridized carbons (Fsp3) is 0.179. The van der Waals surface area contributed by atoms with Crippen LogP contribution in [0.4, 0.5) is 5.69 Å². The molecule has 3 aromatic carbocycles. The number of carbonyl (C=O) groups is 2.